The van der Waals surface area contributed by atoms with E-state index in [1.807, 2.05) is 12.1 Å². The molecule has 1 aromatic carbocycles. The lowest BCUT2D eigenvalue weighted by Gasteiger charge is -2.13. The summed E-state index contributed by atoms with van der Waals surface area (Å²) in [6, 6.07) is 10.6. The van der Waals surface area contributed by atoms with E-state index in [-0.39, 0.29) is 24.6 Å². The number of phenolic OH excluding ortho intramolecular Hbond substituents is 1. The van der Waals surface area contributed by atoms with Crippen molar-refractivity contribution in [1.82, 2.24) is 9.88 Å². The first-order valence-corrected chi connectivity index (χ1v) is 10.4. The van der Waals surface area contributed by atoms with Crippen molar-refractivity contribution in [2.45, 2.75) is 22.8 Å². The van der Waals surface area contributed by atoms with Gasteiger partial charge in [-0.3, -0.25) is 14.5 Å². The molecule has 1 aliphatic rings. The fraction of sp³-hybridized carbons (Fsp3) is 0.158. The van der Waals surface area contributed by atoms with Crippen LogP contribution in [0.4, 0.5) is 0 Å². The number of pyridine rings is 1. The Bertz CT molecular complexity index is 962. The summed E-state index contributed by atoms with van der Waals surface area (Å²) in [6.07, 6.45) is 3.71. The lowest BCUT2D eigenvalue weighted by atomic mass is 10.2. The van der Waals surface area contributed by atoms with E-state index in [9.17, 15) is 14.7 Å². The quantitative estimate of drug-likeness (QED) is 0.501. The fourth-order valence-electron chi connectivity index (χ4n) is 2.47. The maximum absolute atomic E-state index is 12.7. The Labute approximate surface area is 175 Å². The minimum Gasteiger partial charge on any atom is -0.507 e. The molecule has 0 atom stereocenters. The molecule has 144 valence electrons. The van der Waals surface area contributed by atoms with Crippen molar-refractivity contribution in [1.29, 1.82) is 0 Å². The molecule has 1 aliphatic heterocycles. The van der Waals surface area contributed by atoms with E-state index >= 15 is 0 Å². The highest BCUT2D eigenvalue weighted by Crippen LogP contribution is 2.37. The molecule has 1 amide bonds. The van der Waals surface area contributed by atoms with Gasteiger partial charge in [-0.25, -0.2) is 4.98 Å². The number of thioether (sulfide) groups is 1. The maximum atomic E-state index is 12.7. The van der Waals surface area contributed by atoms with Crippen molar-refractivity contribution in [2.75, 3.05) is 6.54 Å². The average molecular weight is 433 g/mol. The number of hydrogen-bond donors (Lipinski definition) is 2. The second kappa shape index (κ2) is 9.22. The van der Waals surface area contributed by atoms with Crippen LogP contribution in [0.3, 0.4) is 0 Å². The molecule has 1 fully saturated rings. The Balaban J connectivity index is 1.80. The van der Waals surface area contributed by atoms with Gasteiger partial charge in [0.25, 0.3) is 5.91 Å². The molecule has 0 spiro atoms. The third-order valence-electron chi connectivity index (χ3n) is 3.81. The molecular weight excluding hydrogens is 416 g/mol. The lowest BCUT2D eigenvalue weighted by molar-refractivity contribution is -0.137. The van der Waals surface area contributed by atoms with Crippen molar-refractivity contribution in [3.8, 4) is 5.75 Å². The van der Waals surface area contributed by atoms with Crippen LogP contribution in [0.15, 0.2) is 57.4 Å². The number of hydrogen-bond acceptors (Lipinski definition) is 7. The van der Waals surface area contributed by atoms with Crippen LogP contribution in [0, 0.1) is 0 Å². The first-order valence-electron chi connectivity index (χ1n) is 8.33. The molecule has 0 unspecified atom stereocenters. The monoisotopic (exact) mass is 432 g/mol. The van der Waals surface area contributed by atoms with Crippen LogP contribution in [-0.4, -0.2) is 42.8 Å². The van der Waals surface area contributed by atoms with E-state index < -0.39 is 5.97 Å². The van der Waals surface area contributed by atoms with Gasteiger partial charge < -0.3 is 10.2 Å². The summed E-state index contributed by atoms with van der Waals surface area (Å²) in [5, 5.41) is 19.4. The summed E-state index contributed by atoms with van der Waals surface area (Å²) in [5.74, 6) is -0.973. The number of amides is 1. The zero-order valence-corrected chi connectivity index (χ0v) is 17.0. The van der Waals surface area contributed by atoms with Crippen LogP contribution >= 0.6 is 35.7 Å². The van der Waals surface area contributed by atoms with Gasteiger partial charge >= 0.3 is 5.97 Å². The van der Waals surface area contributed by atoms with Gasteiger partial charge in [0.1, 0.15) is 15.1 Å². The Kier molecular flexibility index (Phi) is 6.71. The van der Waals surface area contributed by atoms with Crippen molar-refractivity contribution in [2.24, 2.45) is 0 Å². The van der Waals surface area contributed by atoms with Crippen LogP contribution in [0.5, 0.6) is 5.75 Å². The molecule has 9 heteroatoms. The minimum absolute atomic E-state index is 0.0138. The summed E-state index contributed by atoms with van der Waals surface area (Å²) in [5.41, 5.74) is 0.738. The highest BCUT2D eigenvalue weighted by atomic mass is 32.2. The number of carboxylic acids is 1. The Morgan fingerprint density at radius 2 is 2.07 bits per heavy atom. The second-order valence-corrected chi connectivity index (χ2v) is 8.50. The molecule has 0 aliphatic carbocycles. The number of para-hydroxylation sites is 1. The van der Waals surface area contributed by atoms with Gasteiger partial charge in [-0.1, -0.05) is 53.9 Å². The van der Waals surface area contributed by atoms with Crippen LogP contribution in [0.1, 0.15) is 18.4 Å². The third kappa shape index (κ3) is 4.92. The van der Waals surface area contributed by atoms with Gasteiger partial charge in [-0.15, -0.1) is 0 Å². The number of carboxylic acid groups (broad SMARTS) is 1. The zero-order valence-electron chi connectivity index (χ0n) is 14.6. The topological polar surface area (TPSA) is 90.7 Å². The van der Waals surface area contributed by atoms with Gasteiger partial charge in [-0.2, -0.15) is 0 Å². The van der Waals surface area contributed by atoms with Crippen molar-refractivity contribution in [3.63, 3.8) is 0 Å². The fourth-order valence-corrected chi connectivity index (χ4v) is 4.65. The van der Waals surface area contributed by atoms with Gasteiger partial charge in [0.2, 0.25) is 0 Å². The van der Waals surface area contributed by atoms with Gasteiger partial charge in [0.05, 0.1) is 9.80 Å². The number of carbonyl (C=O) groups excluding carboxylic acids is 1. The summed E-state index contributed by atoms with van der Waals surface area (Å²) in [6.45, 7) is 0.279. The molecule has 2 N–H and O–H groups in total. The number of phenols is 1. The Morgan fingerprint density at radius 1 is 1.29 bits per heavy atom. The smallest absolute Gasteiger partial charge is 0.303 e. The number of rotatable bonds is 7. The largest absolute Gasteiger partial charge is 0.507 e. The highest BCUT2D eigenvalue weighted by Gasteiger charge is 2.31. The summed E-state index contributed by atoms with van der Waals surface area (Å²) in [4.78, 5) is 30.3. The number of nitrogens with zero attached hydrogens (tertiary/aromatic N) is 2. The molecule has 0 saturated carbocycles. The zero-order chi connectivity index (χ0) is 20.1. The molecular formula is C19H16N2O4S3. The highest BCUT2D eigenvalue weighted by molar-refractivity contribution is 8.26. The van der Waals surface area contributed by atoms with E-state index in [1.54, 1.807) is 36.5 Å². The Hall–Kier alpha value is -2.36. The maximum Gasteiger partial charge on any atom is 0.303 e. The predicted octanol–water partition coefficient (Wildman–Crippen LogP) is 4.00. The standard InChI is InChI=1S/C19H16N2O4S3/c22-13-6-1-2-7-14(13)27-17-12(5-3-9-20-17)11-15-18(25)21(19(26)28-15)10-4-8-16(23)24/h1-3,5-7,9,11,22H,4,8,10H2,(H,23,24). The number of aromatic nitrogens is 1. The molecule has 2 aromatic rings. The number of carbonyl (C=O) groups is 2. The SMILES string of the molecule is O=C(O)CCCN1C(=O)C(=Cc2cccnc2Sc2ccccc2O)SC1=S. The summed E-state index contributed by atoms with van der Waals surface area (Å²) >= 11 is 7.77. The number of thiocarbonyl (C=S) groups is 1. The van der Waals surface area contributed by atoms with E-state index in [1.165, 1.54) is 28.4 Å². The predicted molar refractivity (Wildman–Crippen MR) is 113 cm³/mol. The molecule has 1 aromatic heterocycles. The Morgan fingerprint density at radius 3 is 2.82 bits per heavy atom. The van der Waals surface area contributed by atoms with Crippen LogP contribution < -0.4 is 0 Å². The van der Waals surface area contributed by atoms with Gasteiger partial charge in [0, 0.05) is 24.7 Å². The van der Waals surface area contributed by atoms with E-state index in [4.69, 9.17) is 17.3 Å². The van der Waals surface area contributed by atoms with Crippen molar-refractivity contribution >= 4 is 58.0 Å². The molecule has 6 nitrogen and oxygen atoms in total. The van der Waals surface area contributed by atoms with Gasteiger partial charge in [-0.05, 0) is 30.7 Å². The molecule has 1 saturated heterocycles. The summed E-state index contributed by atoms with van der Waals surface area (Å²) < 4.78 is 0.417. The van der Waals surface area contributed by atoms with Gasteiger partial charge in [0.15, 0.2) is 0 Å². The molecule has 28 heavy (non-hydrogen) atoms. The first kappa shape index (κ1) is 20.4. The van der Waals surface area contributed by atoms with Crippen molar-refractivity contribution < 1.29 is 19.8 Å². The molecule has 0 bridgehead atoms. The average Bonchev–Trinajstić information content (AvgIpc) is 2.92. The van der Waals surface area contributed by atoms with E-state index in [0.29, 0.717) is 25.6 Å². The first-order chi connectivity index (χ1) is 13.5. The second-order valence-electron chi connectivity index (χ2n) is 5.80. The van der Waals surface area contributed by atoms with Crippen LogP contribution in [0.2, 0.25) is 0 Å². The van der Waals surface area contributed by atoms with E-state index in [2.05, 4.69) is 4.98 Å². The summed E-state index contributed by atoms with van der Waals surface area (Å²) in [7, 11) is 0. The molecule has 2 heterocycles. The van der Waals surface area contributed by atoms with Crippen molar-refractivity contribution in [3.05, 3.63) is 53.1 Å². The number of aromatic hydroxyl groups is 1. The van der Waals surface area contributed by atoms with Crippen LogP contribution in [-0.2, 0) is 9.59 Å². The lowest BCUT2D eigenvalue weighted by Crippen LogP contribution is -2.29. The van der Waals surface area contributed by atoms with E-state index in [0.717, 1.165) is 5.56 Å². The number of aliphatic carboxylic acids is 1. The number of benzene rings is 1. The molecule has 0 radical (unpaired) electrons. The normalized spacial score (nSPS) is 15.4. The minimum atomic E-state index is -0.901. The third-order valence-corrected chi connectivity index (χ3v) is 6.28. The molecule has 3 rings (SSSR count). The van der Waals surface area contributed by atoms with Crippen LogP contribution in [0.25, 0.3) is 6.08 Å².